The molecule has 6 heteroatoms. The van der Waals surface area contributed by atoms with Crippen molar-refractivity contribution in [3.8, 4) is 0 Å². The minimum absolute atomic E-state index is 0.0261. The van der Waals surface area contributed by atoms with Crippen LogP contribution < -0.4 is 5.32 Å². The number of nitro benzene ring substituents is 1. The van der Waals surface area contributed by atoms with Gasteiger partial charge in [-0.3, -0.25) is 10.1 Å². The lowest BCUT2D eigenvalue weighted by atomic mass is 9.92. The normalized spacial score (nSPS) is 16.6. The standard InChI is InChI=1S/C14H17N3O3/c1-9(2)14(5-6-14)8-15-13-16-11-7-10(17(18)19)3-4-12(11)20-13/h3-4,7,9H,5-6,8H2,1-2H3,(H,15,16). The molecule has 1 aliphatic rings. The molecule has 1 saturated carbocycles. The number of oxazole rings is 1. The number of non-ortho nitro benzene ring substituents is 1. The minimum Gasteiger partial charge on any atom is -0.424 e. The molecule has 0 bridgehead atoms. The van der Waals surface area contributed by atoms with E-state index < -0.39 is 4.92 Å². The Morgan fingerprint density at radius 3 is 2.85 bits per heavy atom. The van der Waals surface area contributed by atoms with Crippen LogP contribution in [-0.2, 0) is 0 Å². The van der Waals surface area contributed by atoms with Crippen molar-refractivity contribution in [2.24, 2.45) is 11.3 Å². The van der Waals surface area contributed by atoms with Crippen molar-refractivity contribution in [1.29, 1.82) is 0 Å². The number of benzene rings is 1. The van der Waals surface area contributed by atoms with Crippen molar-refractivity contribution in [1.82, 2.24) is 4.98 Å². The average Bonchev–Trinajstić information content (AvgIpc) is 3.09. The number of nitro groups is 1. The predicted octanol–water partition coefficient (Wildman–Crippen LogP) is 3.58. The van der Waals surface area contributed by atoms with Gasteiger partial charge in [0.25, 0.3) is 11.7 Å². The van der Waals surface area contributed by atoms with E-state index in [9.17, 15) is 10.1 Å². The Bertz CT molecular complexity index is 659. The number of anilines is 1. The fourth-order valence-corrected chi connectivity index (χ4v) is 2.48. The Labute approximate surface area is 116 Å². The number of rotatable bonds is 5. The molecule has 1 aromatic carbocycles. The molecule has 0 spiro atoms. The molecular formula is C14H17N3O3. The van der Waals surface area contributed by atoms with E-state index in [1.807, 2.05) is 0 Å². The van der Waals surface area contributed by atoms with Crippen LogP contribution in [0.3, 0.4) is 0 Å². The summed E-state index contributed by atoms with van der Waals surface area (Å²) in [6, 6.07) is 4.88. The molecule has 0 atom stereocenters. The lowest BCUT2D eigenvalue weighted by molar-refractivity contribution is -0.384. The van der Waals surface area contributed by atoms with Crippen LogP contribution in [0.5, 0.6) is 0 Å². The summed E-state index contributed by atoms with van der Waals surface area (Å²) in [4.78, 5) is 14.6. The van der Waals surface area contributed by atoms with Gasteiger partial charge in [-0.25, -0.2) is 0 Å². The second-order valence-corrected chi connectivity index (χ2v) is 5.80. The van der Waals surface area contributed by atoms with E-state index in [0.717, 1.165) is 6.54 Å². The summed E-state index contributed by atoms with van der Waals surface area (Å²) in [5.41, 5.74) is 1.45. The molecule has 1 fully saturated rings. The Morgan fingerprint density at radius 1 is 1.50 bits per heavy atom. The topological polar surface area (TPSA) is 81.2 Å². The first kappa shape index (κ1) is 12.9. The molecule has 2 aromatic rings. The zero-order chi connectivity index (χ0) is 14.3. The first-order chi connectivity index (χ1) is 9.50. The van der Waals surface area contributed by atoms with Crippen LogP contribution in [0.2, 0.25) is 0 Å². The quantitative estimate of drug-likeness (QED) is 0.666. The van der Waals surface area contributed by atoms with Crippen molar-refractivity contribution in [2.45, 2.75) is 26.7 Å². The van der Waals surface area contributed by atoms with Gasteiger partial charge in [0.2, 0.25) is 0 Å². The van der Waals surface area contributed by atoms with Crippen LogP contribution in [0.1, 0.15) is 26.7 Å². The second-order valence-electron chi connectivity index (χ2n) is 5.80. The van der Waals surface area contributed by atoms with Crippen LogP contribution in [0.15, 0.2) is 22.6 Å². The molecular weight excluding hydrogens is 258 g/mol. The SMILES string of the molecule is CC(C)C1(CNc2nc3cc([N+](=O)[O-])ccc3o2)CC1. The smallest absolute Gasteiger partial charge is 0.295 e. The predicted molar refractivity (Wildman–Crippen MR) is 75.7 cm³/mol. The molecule has 6 nitrogen and oxygen atoms in total. The number of nitrogens with one attached hydrogen (secondary N) is 1. The molecule has 1 heterocycles. The van der Waals surface area contributed by atoms with Gasteiger partial charge in [0, 0.05) is 18.7 Å². The number of hydrogen-bond acceptors (Lipinski definition) is 5. The van der Waals surface area contributed by atoms with E-state index in [2.05, 4.69) is 24.1 Å². The highest BCUT2D eigenvalue weighted by Gasteiger charge is 2.45. The molecule has 20 heavy (non-hydrogen) atoms. The maximum atomic E-state index is 10.7. The molecule has 0 unspecified atom stereocenters. The van der Waals surface area contributed by atoms with Gasteiger partial charge in [-0.05, 0) is 30.2 Å². The molecule has 1 aromatic heterocycles. The van der Waals surface area contributed by atoms with Crippen molar-refractivity contribution < 1.29 is 9.34 Å². The van der Waals surface area contributed by atoms with Gasteiger partial charge in [-0.15, -0.1) is 0 Å². The highest BCUT2D eigenvalue weighted by molar-refractivity contribution is 5.77. The lowest BCUT2D eigenvalue weighted by Gasteiger charge is -2.19. The van der Waals surface area contributed by atoms with E-state index in [-0.39, 0.29) is 5.69 Å². The maximum Gasteiger partial charge on any atom is 0.295 e. The third-order valence-corrected chi connectivity index (χ3v) is 4.29. The molecule has 3 rings (SSSR count). The highest BCUT2D eigenvalue weighted by Crippen LogP contribution is 2.51. The van der Waals surface area contributed by atoms with Gasteiger partial charge in [-0.1, -0.05) is 13.8 Å². The van der Waals surface area contributed by atoms with Crippen LogP contribution in [0.4, 0.5) is 11.7 Å². The number of aromatic nitrogens is 1. The summed E-state index contributed by atoms with van der Waals surface area (Å²) in [5, 5.41) is 13.9. The first-order valence-electron chi connectivity index (χ1n) is 6.79. The Kier molecular flexibility index (Phi) is 2.88. The van der Waals surface area contributed by atoms with E-state index in [1.165, 1.54) is 25.0 Å². The molecule has 1 aliphatic carbocycles. The average molecular weight is 275 g/mol. The molecule has 106 valence electrons. The summed E-state index contributed by atoms with van der Waals surface area (Å²) in [6.07, 6.45) is 2.45. The van der Waals surface area contributed by atoms with Crippen LogP contribution in [0, 0.1) is 21.4 Å². The highest BCUT2D eigenvalue weighted by atomic mass is 16.6. The lowest BCUT2D eigenvalue weighted by Crippen LogP contribution is -2.20. The van der Waals surface area contributed by atoms with Crippen LogP contribution >= 0.6 is 0 Å². The van der Waals surface area contributed by atoms with Crippen molar-refractivity contribution in [3.05, 3.63) is 28.3 Å². The largest absolute Gasteiger partial charge is 0.424 e. The third-order valence-electron chi connectivity index (χ3n) is 4.29. The third kappa shape index (κ3) is 2.21. The van der Waals surface area contributed by atoms with Crippen molar-refractivity contribution in [3.63, 3.8) is 0 Å². The number of fused-ring (bicyclic) bond motifs is 1. The minimum atomic E-state index is -0.431. The molecule has 0 aliphatic heterocycles. The van der Waals surface area contributed by atoms with E-state index in [0.29, 0.717) is 28.4 Å². The first-order valence-corrected chi connectivity index (χ1v) is 6.79. The van der Waals surface area contributed by atoms with Gasteiger partial charge in [0.15, 0.2) is 5.58 Å². The van der Waals surface area contributed by atoms with Gasteiger partial charge < -0.3 is 9.73 Å². The fraction of sp³-hybridized carbons (Fsp3) is 0.500. The van der Waals surface area contributed by atoms with Gasteiger partial charge in [-0.2, -0.15) is 4.98 Å². The summed E-state index contributed by atoms with van der Waals surface area (Å²) < 4.78 is 5.56. The monoisotopic (exact) mass is 275 g/mol. The fourth-order valence-electron chi connectivity index (χ4n) is 2.48. The van der Waals surface area contributed by atoms with E-state index in [1.54, 1.807) is 6.07 Å². The molecule has 0 saturated heterocycles. The summed E-state index contributed by atoms with van der Waals surface area (Å²) >= 11 is 0. The number of hydrogen-bond donors (Lipinski definition) is 1. The molecule has 0 amide bonds. The zero-order valence-corrected chi connectivity index (χ0v) is 11.5. The maximum absolute atomic E-state index is 10.7. The van der Waals surface area contributed by atoms with E-state index in [4.69, 9.17) is 4.42 Å². The van der Waals surface area contributed by atoms with Crippen LogP contribution in [-0.4, -0.2) is 16.5 Å². The Hall–Kier alpha value is -2.11. The summed E-state index contributed by atoms with van der Waals surface area (Å²) in [7, 11) is 0. The molecule has 0 radical (unpaired) electrons. The number of nitrogens with zero attached hydrogens (tertiary/aromatic N) is 2. The van der Waals surface area contributed by atoms with Gasteiger partial charge in [0.1, 0.15) is 5.52 Å². The second kappa shape index (κ2) is 4.47. The van der Waals surface area contributed by atoms with Crippen molar-refractivity contribution in [2.75, 3.05) is 11.9 Å². The Balaban J connectivity index is 1.78. The van der Waals surface area contributed by atoms with E-state index >= 15 is 0 Å². The van der Waals surface area contributed by atoms with Gasteiger partial charge >= 0.3 is 0 Å². The molecule has 1 N–H and O–H groups in total. The Morgan fingerprint density at radius 2 is 2.25 bits per heavy atom. The summed E-state index contributed by atoms with van der Waals surface area (Å²) in [5.74, 6) is 0.625. The van der Waals surface area contributed by atoms with Gasteiger partial charge in [0.05, 0.1) is 4.92 Å². The van der Waals surface area contributed by atoms with Crippen LogP contribution in [0.25, 0.3) is 11.1 Å². The summed E-state index contributed by atoms with van der Waals surface area (Å²) in [6.45, 7) is 5.29. The van der Waals surface area contributed by atoms with Crippen molar-refractivity contribution >= 4 is 22.8 Å². The zero-order valence-electron chi connectivity index (χ0n) is 11.5.